The number of aromatic nitrogens is 2. The number of carbonyl (C=O) groups excluding carboxylic acids is 1. The lowest BCUT2D eigenvalue weighted by atomic mass is 10.1. The number of nitrogens with zero attached hydrogens (tertiary/aromatic N) is 3. The van der Waals surface area contributed by atoms with Crippen molar-refractivity contribution >= 4 is 17.8 Å². The van der Waals surface area contributed by atoms with Gasteiger partial charge in [0.05, 0.1) is 12.6 Å². The topological polar surface area (TPSA) is 67.6 Å². The van der Waals surface area contributed by atoms with E-state index in [9.17, 15) is 27.5 Å². The van der Waals surface area contributed by atoms with Crippen LogP contribution in [0.4, 0.5) is 17.6 Å². The summed E-state index contributed by atoms with van der Waals surface area (Å²) < 4.78 is 57.2. The Morgan fingerprint density at radius 2 is 1.83 bits per heavy atom. The number of carbonyl (C=O) groups is 1. The van der Waals surface area contributed by atoms with Crippen LogP contribution in [-0.2, 0) is 6.54 Å². The Kier molecular flexibility index (Phi) is 7.44. The summed E-state index contributed by atoms with van der Waals surface area (Å²) in [6, 6.07) is 13.6. The highest BCUT2D eigenvalue weighted by atomic mass is 19.4. The van der Waals surface area contributed by atoms with E-state index >= 15 is 0 Å². The lowest BCUT2D eigenvalue weighted by Crippen LogP contribution is -2.40. The molecular formula is C26H25F4N3O3. The highest BCUT2D eigenvalue weighted by Crippen LogP contribution is 2.25. The SMILES string of the molecule is Cc1cc(/C(F)=C/c2ccc(OC(F)(F)F)cc2)nn1Cc1cccc(C(=O)N2CCC(O)CC2)c1. The number of rotatable bonds is 6. The van der Waals surface area contributed by atoms with Crippen molar-refractivity contribution in [3.05, 3.63) is 82.7 Å². The minimum Gasteiger partial charge on any atom is -0.406 e. The summed E-state index contributed by atoms with van der Waals surface area (Å²) in [6.45, 7) is 3.12. The molecule has 3 aromatic rings. The second kappa shape index (κ2) is 10.5. The Morgan fingerprint density at radius 3 is 2.50 bits per heavy atom. The molecule has 1 saturated heterocycles. The molecule has 1 amide bonds. The molecule has 0 unspecified atom stereocenters. The number of benzene rings is 2. The zero-order valence-corrected chi connectivity index (χ0v) is 19.5. The van der Waals surface area contributed by atoms with Crippen molar-refractivity contribution in [2.45, 2.75) is 38.8 Å². The Balaban J connectivity index is 1.45. The van der Waals surface area contributed by atoms with Gasteiger partial charge >= 0.3 is 6.36 Å². The van der Waals surface area contributed by atoms with Crippen LogP contribution >= 0.6 is 0 Å². The van der Waals surface area contributed by atoms with Gasteiger partial charge in [-0.3, -0.25) is 9.48 Å². The number of aliphatic hydroxyl groups excluding tert-OH is 1. The molecular weight excluding hydrogens is 478 g/mol. The van der Waals surface area contributed by atoms with Gasteiger partial charge in [-0.05, 0) is 67.3 Å². The fourth-order valence-electron chi connectivity index (χ4n) is 4.00. The predicted octanol–water partition coefficient (Wildman–Crippen LogP) is 5.20. The molecule has 2 aromatic carbocycles. The number of ether oxygens (including phenoxy) is 1. The van der Waals surface area contributed by atoms with Crippen LogP contribution in [-0.4, -0.2) is 51.2 Å². The molecule has 0 bridgehead atoms. The number of likely N-dealkylation sites (tertiary alicyclic amines) is 1. The number of hydrogen-bond donors (Lipinski definition) is 1. The molecule has 1 N–H and O–H groups in total. The maximum atomic E-state index is 14.8. The number of aryl methyl sites for hydroxylation is 1. The summed E-state index contributed by atoms with van der Waals surface area (Å²) in [5.74, 6) is -1.13. The third kappa shape index (κ3) is 6.51. The quantitative estimate of drug-likeness (QED) is 0.470. The van der Waals surface area contributed by atoms with Gasteiger partial charge in [0.15, 0.2) is 5.83 Å². The van der Waals surface area contributed by atoms with Gasteiger partial charge in [-0.25, -0.2) is 4.39 Å². The van der Waals surface area contributed by atoms with Crippen molar-refractivity contribution in [2.24, 2.45) is 0 Å². The van der Waals surface area contributed by atoms with Gasteiger partial charge in [0, 0.05) is 24.3 Å². The van der Waals surface area contributed by atoms with Crippen molar-refractivity contribution in [1.82, 2.24) is 14.7 Å². The standard InChI is InChI=1S/C26H25F4N3O3/c1-17-13-24(23(27)15-18-5-7-22(8-6-18)36-26(28,29)30)31-33(17)16-19-3-2-4-20(14-19)25(35)32-11-9-21(34)10-12-32/h2-8,13-15,21,34H,9-12,16H2,1H3/b23-15-. The summed E-state index contributed by atoms with van der Waals surface area (Å²) in [7, 11) is 0. The van der Waals surface area contributed by atoms with Crippen LogP contribution in [0.15, 0.2) is 54.6 Å². The van der Waals surface area contributed by atoms with Crippen LogP contribution in [0, 0.1) is 6.92 Å². The highest BCUT2D eigenvalue weighted by molar-refractivity contribution is 5.94. The zero-order chi connectivity index (χ0) is 25.9. The van der Waals surface area contributed by atoms with Crippen LogP contribution < -0.4 is 4.74 Å². The maximum Gasteiger partial charge on any atom is 0.573 e. The lowest BCUT2D eigenvalue weighted by molar-refractivity contribution is -0.274. The van der Waals surface area contributed by atoms with Gasteiger partial charge in [0.2, 0.25) is 0 Å². The van der Waals surface area contributed by atoms with E-state index in [1.54, 1.807) is 40.8 Å². The Morgan fingerprint density at radius 1 is 1.14 bits per heavy atom. The Hall–Kier alpha value is -3.66. The molecule has 4 rings (SSSR count). The van der Waals surface area contributed by atoms with Gasteiger partial charge in [-0.15, -0.1) is 13.2 Å². The first-order valence-corrected chi connectivity index (χ1v) is 11.4. The maximum absolute atomic E-state index is 14.8. The summed E-state index contributed by atoms with van der Waals surface area (Å²) >= 11 is 0. The van der Waals surface area contributed by atoms with Crippen molar-refractivity contribution < 1.29 is 32.2 Å². The minimum atomic E-state index is -4.79. The van der Waals surface area contributed by atoms with E-state index < -0.39 is 17.9 Å². The second-order valence-electron chi connectivity index (χ2n) is 8.66. The van der Waals surface area contributed by atoms with E-state index in [-0.39, 0.29) is 17.7 Å². The normalized spacial score (nSPS) is 15.3. The minimum absolute atomic E-state index is 0.0854. The molecule has 0 aliphatic carbocycles. The van der Waals surface area contributed by atoms with Crippen molar-refractivity contribution in [3.63, 3.8) is 0 Å². The third-order valence-corrected chi connectivity index (χ3v) is 5.89. The van der Waals surface area contributed by atoms with Crippen LogP contribution in [0.5, 0.6) is 5.75 Å². The molecule has 1 fully saturated rings. The first kappa shape index (κ1) is 25.4. The van der Waals surface area contributed by atoms with Crippen molar-refractivity contribution in [2.75, 3.05) is 13.1 Å². The smallest absolute Gasteiger partial charge is 0.406 e. The predicted molar refractivity (Wildman–Crippen MR) is 126 cm³/mol. The fraction of sp³-hybridized carbons (Fsp3) is 0.308. The van der Waals surface area contributed by atoms with Gasteiger partial charge in [0.1, 0.15) is 11.4 Å². The number of aliphatic hydroxyl groups is 1. The molecule has 2 heterocycles. The van der Waals surface area contributed by atoms with Gasteiger partial charge in [0.25, 0.3) is 5.91 Å². The summed E-state index contributed by atoms with van der Waals surface area (Å²) in [5.41, 5.74) is 2.50. The molecule has 0 spiro atoms. The van der Waals surface area contributed by atoms with Crippen LogP contribution in [0.2, 0.25) is 0 Å². The van der Waals surface area contributed by atoms with Crippen molar-refractivity contribution in [1.29, 1.82) is 0 Å². The highest BCUT2D eigenvalue weighted by Gasteiger charge is 2.31. The van der Waals surface area contributed by atoms with Crippen LogP contribution in [0.25, 0.3) is 11.9 Å². The summed E-state index contributed by atoms with van der Waals surface area (Å²) in [5, 5.41) is 14.0. The number of halogens is 4. The first-order valence-electron chi connectivity index (χ1n) is 11.4. The van der Waals surface area contributed by atoms with E-state index in [4.69, 9.17) is 0 Å². The van der Waals surface area contributed by atoms with Crippen LogP contribution in [0.1, 0.15) is 45.7 Å². The third-order valence-electron chi connectivity index (χ3n) is 5.89. The average Bonchev–Trinajstić information content (AvgIpc) is 3.20. The van der Waals surface area contributed by atoms with E-state index in [1.165, 1.54) is 18.2 Å². The largest absolute Gasteiger partial charge is 0.573 e. The number of amides is 1. The molecule has 190 valence electrons. The van der Waals surface area contributed by atoms with Crippen LogP contribution in [0.3, 0.4) is 0 Å². The zero-order valence-electron chi connectivity index (χ0n) is 19.5. The summed E-state index contributed by atoms with van der Waals surface area (Å²) in [4.78, 5) is 14.6. The van der Waals surface area contributed by atoms with Gasteiger partial charge in [-0.1, -0.05) is 24.3 Å². The van der Waals surface area contributed by atoms with Crippen molar-refractivity contribution in [3.8, 4) is 5.75 Å². The van der Waals surface area contributed by atoms with Gasteiger partial charge < -0.3 is 14.7 Å². The molecule has 1 aliphatic heterocycles. The average molecular weight is 503 g/mol. The number of piperidine rings is 1. The molecule has 6 nitrogen and oxygen atoms in total. The second-order valence-corrected chi connectivity index (χ2v) is 8.66. The molecule has 10 heteroatoms. The molecule has 36 heavy (non-hydrogen) atoms. The fourth-order valence-corrected chi connectivity index (χ4v) is 4.00. The Bertz CT molecular complexity index is 1240. The molecule has 0 saturated carbocycles. The number of alkyl halides is 3. The van der Waals surface area contributed by atoms with E-state index in [0.717, 1.165) is 17.7 Å². The first-order chi connectivity index (χ1) is 17.1. The molecule has 1 aliphatic rings. The van der Waals surface area contributed by atoms with Gasteiger partial charge in [-0.2, -0.15) is 5.10 Å². The van der Waals surface area contributed by atoms with E-state index in [1.807, 2.05) is 6.07 Å². The molecule has 0 radical (unpaired) electrons. The number of hydrogen-bond acceptors (Lipinski definition) is 4. The Labute approximate surface area is 205 Å². The lowest BCUT2D eigenvalue weighted by Gasteiger charge is -2.29. The molecule has 1 aromatic heterocycles. The summed E-state index contributed by atoms with van der Waals surface area (Å²) in [6.07, 6.45) is -2.86. The van der Waals surface area contributed by atoms with E-state index in [0.29, 0.717) is 49.3 Å². The van der Waals surface area contributed by atoms with E-state index in [2.05, 4.69) is 9.84 Å². The monoisotopic (exact) mass is 503 g/mol. The molecule has 0 atom stereocenters.